The maximum Gasteiger partial charge on any atom is 0.236 e. The molecule has 7 heteroatoms. The number of hydrogen-bond acceptors (Lipinski definition) is 5. The average Bonchev–Trinajstić information content (AvgIpc) is 3.10. The van der Waals surface area contributed by atoms with Gasteiger partial charge in [-0.2, -0.15) is 0 Å². The summed E-state index contributed by atoms with van der Waals surface area (Å²) in [5.74, 6) is 0.619. The van der Waals surface area contributed by atoms with Gasteiger partial charge in [0.15, 0.2) is 0 Å². The van der Waals surface area contributed by atoms with Crippen LogP contribution < -0.4 is 5.32 Å². The van der Waals surface area contributed by atoms with Crippen LogP contribution in [0.2, 0.25) is 0 Å². The molecule has 3 aliphatic heterocycles. The van der Waals surface area contributed by atoms with Crippen molar-refractivity contribution in [1.29, 1.82) is 0 Å². The zero-order valence-electron chi connectivity index (χ0n) is 13.1. The average molecular weight is 310 g/mol. The van der Waals surface area contributed by atoms with Crippen molar-refractivity contribution < 1.29 is 14.3 Å². The van der Waals surface area contributed by atoms with E-state index in [1.165, 1.54) is 0 Å². The van der Waals surface area contributed by atoms with Gasteiger partial charge in [0.2, 0.25) is 11.8 Å². The number of carbonyl (C=O) groups is 2. The highest BCUT2D eigenvalue weighted by Gasteiger charge is 2.30. The van der Waals surface area contributed by atoms with Gasteiger partial charge in [-0.25, -0.2) is 0 Å². The van der Waals surface area contributed by atoms with Gasteiger partial charge in [-0.1, -0.05) is 0 Å². The first kappa shape index (κ1) is 15.7. The molecule has 124 valence electrons. The predicted molar refractivity (Wildman–Crippen MR) is 81.4 cm³/mol. The van der Waals surface area contributed by atoms with Gasteiger partial charge in [-0.15, -0.1) is 0 Å². The summed E-state index contributed by atoms with van der Waals surface area (Å²) in [6.07, 6.45) is 0.953. The fourth-order valence-corrected chi connectivity index (χ4v) is 3.35. The standard InChI is InChI=1S/C15H26N4O3/c20-14(18-7-9-22-10-8-18)12-17-3-5-19(6-4-17)15(21)13-1-2-16-11-13/h13,16H,1-12H2. The summed E-state index contributed by atoms with van der Waals surface area (Å²) in [6, 6.07) is 0. The number of carbonyl (C=O) groups excluding carboxylic acids is 2. The quantitative estimate of drug-likeness (QED) is 0.694. The van der Waals surface area contributed by atoms with Crippen molar-refractivity contribution in [2.75, 3.05) is 72.1 Å². The van der Waals surface area contributed by atoms with Crippen LogP contribution in [0.25, 0.3) is 0 Å². The van der Waals surface area contributed by atoms with E-state index in [0.717, 1.165) is 45.7 Å². The van der Waals surface area contributed by atoms with Crippen LogP contribution in [0, 0.1) is 5.92 Å². The number of rotatable bonds is 3. The van der Waals surface area contributed by atoms with E-state index >= 15 is 0 Å². The van der Waals surface area contributed by atoms with Crippen molar-refractivity contribution in [1.82, 2.24) is 20.0 Å². The van der Waals surface area contributed by atoms with Gasteiger partial charge < -0.3 is 19.9 Å². The molecule has 0 aromatic carbocycles. The molecular formula is C15H26N4O3. The molecule has 3 heterocycles. The monoisotopic (exact) mass is 310 g/mol. The third-order valence-corrected chi connectivity index (χ3v) is 4.82. The molecule has 7 nitrogen and oxygen atoms in total. The molecule has 3 aliphatic rings. The Morgan fingerprint density at radius 1 is 1.00 bits per heavy atom. The van der Waals surface area contributed by atoms with E-state index in [9.17, 15) is 9.59 Å². The highest BCUT2D eigenvalue weighted by molar-refractivity contribution is 5.80. The smallest absolute Gasteiger partial charge is 0.236 e. The minimum Gasteiger partial charge on any atom is -0.378 e. The Morgan fingerprint density at radius 3 is 2.36 bits per heavy atom. The first-order chi connectivity index (χ1) is 10.7. The van der Waals surface area contributed by atoms with Crippen LogP contribution in [0.3, 0.4) is 0 Å². The second-order valence-corrected chi connectivity index (χ2v) is 6.28. The SMILES string of the molecule is O=C(CN1CCN(C(=O)C2CCNC2)CC1)N1CCOCC1. The van der Waals surface area contributed by atoms with Gasteiger partial charge in [0, 0.05) is 45.8 Å². The maximum atomic E-state index is 12.4. The van der Waals surface area contributed by atoms with E-state index in [2.05, 4.69) is 10.2 Å². The molecule has 2 amide bonds. The molecule has 22 heavy (non-hydrogen) atoms. The highest BCUT2D eigenvalue weighted by atomic mass is 16.5. The number of morpholine rings is 1. The molecule has 1 N–H and O–H groups in total. The highest BCUT2D eigenvalue weighted by Crippen LogP contribution is 2.13. The van der Waals surface area contributed by atoms with Crippen LogP contribution in [0.5, 0.6) is 0 Å². The topological polar surface area (TPSA) is 65.1 Å². The summed E-state index contributed by atoms with van der Waals surface area (Å²) in [7, 11) is 0. The zero-order chi connectivity index (χ0) is 15.4. The number of nitrogens with zero attached hydrogens (tertiary/aromatic N) is 3. The fraction of sp³-hybridized carbons (Fsp3) is 0.867. The lowest BCUT2D eigenvalue weighted by Gasteiger charge is -2.36. The predicted octanol–water partition coefficient (Wildman–Crippen LogP) is -1.40. The van der Waals surface area contributed by atoms with E-state index in [4.69, 9.17) is 4.74 Å². The van der Waals surface area contributed by atoms with Crippen LogP contribution in [0.15, 0.2) is 0 Å². The minimum absolute atomic E-state index is 0.154. The lowest BCUT2D eigenvalue weighted by Crippen LogP contribution is -2.53. The number of piperazine rings is 1. The molecule has 3 fully saturated rings. The van der Waals surface area contributed by atoms with Gasteiger partial charge in [0.05, 0.1) is 25.7 Å². The number of nitrogens with one attached hydrogen (secondary N) is 1. The van der Waals surface area contributed by atoms with Crippen molar-refractivity contribution in [2.45, 2.75) is 6.42 Å². The van der Waals surface area contributed by atoms with Crippen LogP contribution in [0.4, 0.5) is 0 Å². The van der Waals surface area contributed by atoms with E-state index in [1.807, 2.05) is 9.80 Å². The second-order valence-electron chi connectivity index (χ2n) is 6.28. The molecule has 0 aliphatic carbocycles. The number of hydrogen-bond donors (Lipinski definition) is 1. The molecule has 1 atom stereocenters. The Balaban J connectivity index is 1.41. The van der Waals surface area contributed by atoms with Crippen molar-refractivity contribution in [3.8, 4) is 0 Å². The zero-order valence-corrected chi connectivity index (χ0v) is 13.1. The summed E-state index contributed by atoms with van der Waals surface area (Å²) in [5.41, 5.74) is 0. The van der Waals surface area contributed by atoms with Gasteiger partial charge in [-0.3, -0.25) is 14.5 Å². The van der Waals surface area contributed by atoms with Crippen LogP contribution in [-0.4, -0.2) is 98.6 Å². The lowest BCUT2D eigenvalue weighted by atomic mass is 10.1. The molecule has 1 unspecified atom stereocenters. The Hall–Kier alpha value is -1.18. The molecule has 0 spiro atoms. The molecule has 3 rings (SSSR count). The molecule has 0 aromatic heterocycles. The van der Waals surface area contributed by atoms with Crippen LogP contribution >= 0.6 is 0 Å². The van der Waals surface area contributed by atoms with E-state index < -0.39 is 0 Å². The normalized spacial score (nSPS) is 27.2. The largest absolute Gasteiger partial charge is 0.378 e. The Bertz CT molecular complexity index is 398. The van der Waals surface area contributed by atoms with Crippen molar-refractivity contribution in [2.24, 2.45) is 5.92 Å². The fourth-order valence-electron chi connectivity index (χ4n) is 3.35. The second kappa shape index (κ2) is 7.39. The Kier molecular flexibility index (Phi) is 5.28. The Labute approximate surface area is 131 Å². The summed E-state index contributed by atoms with van der Waals surface area (Å²) in [5, 5.41) is 3.25. The molecule has 0 bridgehead atoms. The van der Waals surface area contributed by atoms with Gasteiger partial charge in [0.1, 0.15) is 0 Å². The Morgan fingerprint density at radius 2 is 1.73 bits per heavy atom. The molecule has 0 aromatic rings. The third-order valence-electron chi connectivity index (χ3n) is 4.82. The third kappa shape index (κ3) is 3.77. The van der Waals surface area contributed by atoms with Crippen LogP contribution in [0.1, 0.15) is 6.42 Å². The first-order valence-electron chi connectivity index (χ1n) is 8.31. The molecule has 0 radical (unpaired) electrons. The summed E-state index contributed by atoms with van der Waals surface area (Å²) in [4.78, 5) is 30.6. The van der Waals surface area contributed by atoms with Crippen LogP contribution in [-0.2, 0) is 14.3 Å². The summed E-state index contributed by atoms with van der Waals surface area (Å²) in [6.45, 7) is 7.98. The maximum absolute atomic E-state index is 12.4. The van der Waals surface area contributed by atoms with Gasteiger partial charge in [-0.05, 0) is 13.0 Å². The van der Waals surface area contributed by atoms with Gasteiger partial charge in [0.25, 0.3) is 0 Å². The molecule has 0 saturated carbocycles. The summed E-state index contributed by atoms with van der Waals surface area (Å²) < 4.78 is 5.27. The number of amides is 2. The van der Waals surface area contributed by atoms with Crippen molar-refractivity contribution >= 4 is 11.8 Å². The molecule has 3 saturated heterocycles. The van der Waals surface area contributed by atoms with Crippen molar-refractivity contribution in [3.05, 3.63) is 0 Å². The van der Waals surface area contributed by atoms with Crippen molar-refractivity contribution in [3.63, 3.8) is 0 Å². The molecular weight excluding hydrogens is 284 g/mol. The lowest BCUT2D eigenvalue weighted by molar-refractivity contribution is -0.139. The minimum atomic E-state index is 0.154. The van der Waals surface area contributed by atoms with E-state index in [0.29, 0.717) is 32.8 Å². The van der Waals surface area contributed by atoms with E-state index in [1.54, 1.807) is 0 Å². The van der Waals surface area contributed by atoms with E-state index in [-0.39, 0.29) is 17.7 Å². The number of ether oxygens (including phenoxy) is 1. The first-order valence-corrected chi connectivity index (χ1v) is 8.31. The summed E-state index contributed by atoms with van der Waals surface area (Å²) >= 11 is 0. The van der Waals surface area contributed by atoms with Gasteiger partial charge >= 0.3 is 0 Å².